The van der Waals surface area contributed by atoms with E-state index in [1.807, 2.05) is 18.2 Å². The highest BCUT2D eigenvalue weighted by Crippen LogP contribution is 2.45. The van der Waals surface area contributed by atoms with E-state index in [0.29, 0.717) is 36.1 Å². The minimum absolute atomic E-state index is 0.0282. The van der Waals surface area contributed by atoms with Crippen LogP contribution in [0.2, 0.25) is 0 Å². The summed E-state index contributed by atoms with van der Waals surface area (Å²) in [6, 6.07) is 16.7. The van der Waals surface area contributed by atoms with E-state index in [1.54, 1.807) is 24.3 Å². The molecule has 2 fully saturated rings. The first-order valence-electron chi connectivity index (χ1n) is 10.3. The molecule has 1 aliphatic carbocycles. The highest BCUT2D eigenvalue weighted by Gasteiger charge is 2.48. The van der Waals surface area contributed by atoms with Gasteiger partial charge in [-0.25, -0.2) is 8.42 Å². The zero-order valence-corrected chi connectivity index (χ0v) is 17.9. The first-order valence-corrected chi connectivity index (χ1v) is 12.2. The second kappa shape index (κ2) is 8.13. The number of anilines is 1. The molecule has 0 unspecified atom stereocenters. The number of fused-ring (bicyclic) bond motifs is 1. The first kappa shape index (κ1) is 21.0. The second-order valence-electron chi connectivity index (χ2n) is 8.88. The van der Waals surface area contributed by atoms with Crippen molar-refractivity contribution in [1.29, 1.82) is 0 Å². The number of carbonyl (C=O) groups excluding carboxylic acids is 1. The maximum absolute atomic E-state index is 12.7. The van der Waals surface area contributed by atoms with Gasteiger partial charge in [0.25, 0.3) is 0 Å². The molecule has 1 saturated carbocycles. The van der Waals surface area contributed by atoms with Crippen LogP contribution in [0.15, 0.2) is 54.6 Å². The van der Waals surface area contributed by atoms with Gasteiger partial charge < -0.3 is 5.11 Å². The Morgan fingerprint density at radius 1 is 1.07 bits per heavy atom. The van der Waals surface area contributed by atoms with Crippen molar-refractivity contribution in [2.75, 3.05) is 30.6 Å². The Hall–Kier alpha value is -2.22. The van der Waals surface area contributed by atoms with Crippen LogP contribution in [0, 0.1) is 11.8 Å². The number of benzene rings is 2. The van der Waals surface area contributed by atoms with Gasteiger partial charge in [-0.1, -0.05) is 30.3 Å². The largest absolute Gasteiger partial charge is 0.390 e. The van der Waals surface area contributed by atoms with Crippen molar-refractivity contribution >= 4 is 21.5 Å². The number of likely N-dealkylation sites (tertiary alicyclic amines) is 1. The molecular weight excluding hydrogens is 400 g/mol. The highest BCUT2D eigenvalue weighted by molar-refractivity contribution is 7.92. The van der Waals surface area contributed by atoms with Crippen molar-refractivity contribution < 1.29 is 18.3 Å². The number of hydrogen-bond donors (Lipinski definition) is 2. The van der Waals surface area contributed by atoms with E-state index < -0.39 is 15.6 Å². The maximum Gasteiger partial charge on any atom is 0.229 e. The molecule has 2 N–H and O–H groups in total. The van der Waals surface area contributed by atoms with Crippen molar-refractivity contribution in [3.63, 3.8) is 0 Å². The number of carbonyl (C=O) groups is 1. The number of hydrogen-bond acceptors (Lipinski definition) is 5. The van der Waals surface area contributed by atoms with E-state index in [4.69, 9.17) is 0 Å². The minimum Gasteiger partial charge on any atom is -0.390 e. The Balaban J connectivity index is 1.30. The molecule has 2 aromatic rings. The van der Waals surface area contributed by atoms with Crippen LogP contribution in [0.5, 0.6) is 0 Å². The predicted octanol–water partition coefficient (Wildman–Crippen LogP) is 2.56. The summed E-state index contributed by atoms with van der Waals surface area (Å²) in [6.45, 7) is 2.02. The lowest BCUT2D eigenvalue weighted by Gasteiger charge is -2.26. The van der Waals surface area contributed by atoms with E-state index in [1.165, 1.54) is 5.56 Å². The molecule has 6 nitrogen and oxygen atoms in total. The molecule has 0 amide bonds. The van der Waals surface area contributed by atoms with Gasteiger partial charge >= 0.3 is 0 Å². The average Bonchev–Trinajstić information content (AvgIpc) is 3.15. The normalized spacial score (nSPS) is 26.5. The van der Waals surface area contributed by atoms with Gasteiger partial charge in [0, 0.05) is 30.8 Å². The van der Waals surface area contributed by atoms with Crippen LogP contribution in [-0.2, 0) is 16.4 Å². The molecule has 0 radical (unpaired) electrons. The van der Waals surface area contributed by atoms with E-state index in [0.717, 1.165) is 32.2 Å². The third kappa shape index (κ3) is 5.09. The van der Waals surface area contributed by atoms with Crippen LogP contribution >= 0.6 is 0 Å². The van der Waals surface area contributed by atoms with Gasteiger partial charge in [0.1, 0.15) is 0 Å². The molecule has 0 bridgehead atoms. The van der Waals surface area contributed by atoms with E-state index in [2.05, 4.69) is 21.8 Å². The van der Waals surface area contributed by atoms with Crippen LogP contribution < -0.4 is 4.72 Å². The highest BCUT2D eigenvalue weighted by atomic mass is 32.2. The molecule has 2 aliphatic rings. The monoisotopic (exact) mass is 428 g/mol. The third-order valence-electron chi connectivity index (χ3n) is 6.19. The standard InChI is InChI=1S/C23H28N2O4S/c1-30(28,29)24-21-9-7-18(8-10-21)22(26)16-25-14-19-12-23(27,13-20(19)15-25)11-17-5-3-2-4-6-17/h2-10,19-20,24,27H,11-16H2,1H3/t19-,20+,23-. The van der Waals surface area contributed by atoms with Crippen molar-refractivity contribution in [2.45, 2.75) is 24.9 Å². The molecule has 7 heteroatoms. The van der Waals surface area contributed by atoms with Crippen LogP contribution in [0.25, 0.3) is 0 Å². The van der Waals surface area contributed by atoms with Crippen LogP contribution in [0.4, 0.5) is 5.69 Å². The lowest BCUT2D eigenvalue weighted by molar-refractivity contribution is 0.0355. The molecule has 0 spiro atoms. The zero-order chi connectivity index (χ0) is 21.4. The Bertz CT molecular complexity index is 991. The lowest BCUT2D eigenvalue weighted by Crippen LogP contribution is -2.34. The fraction of sp³-hybridized carbons (Fsp3) is 0.435. The number of nitrogens with zero attached hydrogens (tertiary/aromatic N) is 1. The summed E-state index contributed by atoms with van der Waals surface area (Å²) in [5, 5.41) is 11.1. The summed E-state index contributed by atoms with van der Waals surface area (Å²) in [7, 11) is -3.33. The van der Waals surface area contributed by atoms with Crippen molar-refractivity contribution in [3.8, 4) is 0 Å². The number of Topliss-reactive ketones (excluding diaryl/α,β-unsaturated/α-hetero) is 1. The molecule has 2 aromatic carbocycles. The Morgan fingerprint density at radius 2 is 1.67 bits per heavy atom. The molecule has 30 heavy (non-hydrogen) atoms. The predicted molar refractivity (Wildman–Crippen MR) is 117 cm³/mol. The average molecular weight is 429 g/mol. The zero-order valence-electron chi connectivity index (χ0n) is 17.1. The Morgan fingerprint density at radius 3 is 2.23 bits per heavy atom. The third-order valence-corrected chi connectivity index (χ3v) is 6.80. The molecule has 1 heterocycles. The summed E-state index contributed by atoms with van der Waals surface area (Å²) < 4.78 is 25.0. The SMILES string of the molecule is CS(=O)(=O)Nc1ccc(C(=O)CN2C[C@@H]3C[C@@](O)(Cc4ccccc4)C[C@@H]3C2)cc1. The first-order chi connectivity index (χ1) is 14.2. The molecule has 160 valence electrons. The summed E-state index contributed by atoms with van der Waals surface area (Å²) in [4.78, 5) is 14.8. The molecule has 1 aliphatic heterocycles. The Kier molecular flexibility index (Phi) is 5.70. The molecule has 4 rings (SSSR count). The van der Waals surface area contributed by atoms with Crippen LogP contribution in [0.3, 0.4) is 0 Å². The summed E-state index contributed by atoms with van der Waals surface area (Å²) in [5.74, 6) is 0.876. The quantitative estimate of drug-likeness (QED) is 0.662. The fourth-order valence-corrected chi connectivity index (χ4v) is 5.60. The lowest BCUT2D eigenvalue weighted by atomic mass is 9.91. The summed E-state index contributed by atoms with van der Waals surface area (Å²) in [5.41, 5.74) is 1.55. The number of rotatable bonds is 7. The van der Waals surface area contributed by atoms with Crippen molar-refractivity contribution in [2.24, 2.45) is 11.8 Å². The number of ketones is 1. The molecule has 0 aromatic heterocycles. The van der Waals surface area contributed by atoms with Crippen molar-refractivity contribution in [1.82, 2.24) is 4.90 Å². The van der Waals surface area contributed by atoms with Gasteiger partial charge in [0.05, 0.1) is 18.4 Å². The fourth-order valence-electron chi connectivity index (χ4n) is 5.04. The Labute approximate surface area is 178 Å². The van der Waals surface area contributed by atoms with Gasteiger partial charge in [-0.15, -0.1) is 0 Å². The van der Waals surface area contributed by atoms with Gasteiger partial charge in [0.15, 0.2) is 5.78 Å². The van der Waals surface area contributed by atoms with Crippen molar-refractivity contribution in [3.05, 3.63) is 65.7 Å². The number of aliphatic hydroxyl groups is 1. The molecule has 3 atom stereocenters. The van der Waals surface area contributed by atoms with Crippen LogP contribution in [0.1, 0.15) is 28.8 Å². The maximum atomic E-state index is 12.7. The summed E-state index contributed by atoms with van der Waals surface area (Å²) in [6.07, 6.45) is 3.34. The number of nitrogens with one attached hydrogen (secondary N) is 1. The van der Waals surface area contributed by atoms with E-state index in [9.17, 15) is 18.3 Å². The van der Waals surface area contributed by atoms with Crippen LogP contribution in [-0.4, -0.2) is 55.7 Å². The summed E-state index contributed by atoms with van der Waals surface area (Å²) >= 11 is 0. The number of sulfonamides is 1. The second-order valence-corrected chi connectivity index (χ2v) is 10.6. The van der Waals surface area contributed by atoms with Gasteiger partial charge in [-0.05, 0) is 54.5 Å². The molecular formula is C23H28N2O4S. The van der Waals surface area contributed by atoms with Gasteiger partial charge in [0.2, 0.25) is 10.0 Å². The topological polar surface area (TPSA) is 86.7 Å². The smallest absolute Gasteiger partial charge is 0.229 e. The van der Waals surface area contributed by atoms with Gasteiger partial charge in [-0.3, -0.25) is 14.4 Å². The molecule has 1 saturated heterocycles. The van der Waals surface area contributed by atoms with E-state index >= 15 is 0 Å². The minimum atomic E-state index is -3.33. The van der Waals surface area contributed by atoms with Gasteiger partial charge in [-0.2, -0.15) is 0 Å². The van der Waals surface area contributed by atoms with E-state index in [-0.39, 0.29) is 5.78 Å².